The number of hydrogen-bond acceptors (Lipinski definition) is 4. The Labute approximate surface area is 151 Å². The first kappa shape index (κ1) is 17.2. The molecule has 0 spiro atoms. The third-order valence-electron chi connectivity index (χ3n) is 3.93. The van der Waals surface area contributed by atoms with Gasteiger partial charge in [-0.05, 0) is 32.1 Å². The molecule has 0 aliphatic heterocycles. The van der Waals surface area contributed by atoms with Gasteiger partial charge in [-0.25, -0.2) is 0 Å². The maximum absolute atomic E-state index is 5.31. The molecule has 0 amide bonds. The summed E-state index contributed by atoms with van der Waals surface area (Å²) in [5, 5.41) is 19.9. The molecule has 0 saturated carbocycles. The van der Waals surface area contributed by atoms with Crippen molar-refractivity contribution in [1.82, 2.24) is 34.7 Å². The fourth-order valence-corrected chi connectivity index (χ4v) is 2.74. The Balaban J connectivity index is 1.54. The third kappa shape index (κ3) is 4.24. The highest BCUT2D eigenvalue weighted by Gasteiger charge is 2.08. The van der Waals surface area contributed by atoms with Gasteiger partial charge in [-0.15, -0.1) is 0 Å². The largest absolute Gasteiger partial charge is 0.357 e. The van der Waals surface area contributed by atoms with Crippen LogP contribution in [0.25, 0.3) is 0 Å². The quantitative estimate of drug-likeness (QED) is 0.653. The summed E-state index contributed by atoms with van der Waals surface area (Å²) in [6.07, 6.45) is 7.48. The van der Waals surface area contributed by atoms with Crippen molar-refractivity contribution in [3.05, 3.63) is 47.8 Å². The van der Waals surface area contributed by atoms with E-state index in [2.05, 4.69) is 39.8 Å². The van der Waals surface area contributed by atoms with E-state index in [0.717, 1.165) is 23.5 Å². The Hall–Kier alpha value is -2.68. The molecule has 0 fully saturated rings. The van der Waals surface area contributed by atoms with Crippen LogP contribution in [0.3, 0.4) is 0 Å². The summed E-state index contributed by atoms with van der Waals surface area (Å²) in [7, 11) is 1.89. The minimum Gasteiger partial charge on any atom is -0.357 e. The van der Waals surface area contributed by atoms with Crippen LogP contribution in [-0.4, -0.2) is 34.5 Å². The Morgan fingerprint density at radius 2 is 2.12 bits per heavy atom. The van der Waals surface area contributed by atoms with Gasteiger partial charge >= 0.3 is 0 Å². The van der Waals surface area contributed by atoms with Crippen LogP contribution in [-0.2, 0) is 26.7 Å². The first-order valence-electron chi connectivity index (χ1n) is 8.12. The second kappa shape index (κ2) is 7.47. The van der Waals surface area contributed by atoms with Crippen LogP contribution in [0.1, 0.15) is 23.9 Å². The molecule has 3 heterocycles. The molecule has 0 atom stereocenters. The van der Waals surface area contributed by atoms with Crippen molar-refractivity contribution in [2.24, 2.45) is 7.05 Å². The molecule has 0 bridgehead atoms. The van der Waals surface area contributed by atoms with Gasteiger partial charge in [-0.3, -0.25) is 14.0 Å². The van der Waals surface area contributed by atoms with Crippen LogP contribution >= 0.6 is 12.2 Å². The van der Waals surface area contributed by atoms with Crippen molar-refractivity contribution in [2.75, 3.05) is 5.32 Å². The minimum atomic E-state index is 0.542. The molecule has 8 nitrogen and oxygen atoms in total. The maximum Gasteiger partial charge on any atom is 0.171 e. The molecule has 2 N–H and O–H groups in total. The van der Waals surface area contributed by atoms with E-state index >= 15 is 0 Å². The van der Waals surface area contributed by atoms with Crippen molar-refractivity contribution >= 4 is 23.0 Å². The molecule has 0 radical (unpaired) electrons. The zero-order valence-electron chi connectivity index (χ0n) is 14.6. The second-order valence-corrected chi connectivity index (χ2v) is 6.19. The lowest BCUT2D eigenvalue weighted by Crippen LogP contribution is -2.27. The second-order valence-electron chi connectivity index (χ2n) is 5.79. The summed E-state index contributed by atoms with van der Waals surface area (Å²) in [6.45, 7) is 6.29. The molecule has 9 heteroatoms. The number of rotatable bonds is 6. The molecule has 3 aromatic rings. The topological polar surface area (TPSA) is 77.5 Å². The van der Waals surface area contributed by atoms with Gasteiger partial charge in [0.1, 0.15) is 0 Å². The van der Waals surface area contributed by atoms with Gasteiger partial charge in [-0.1, -0.05) is 0 Å². The van der Waals surface area contributed by atoms with Crippen LogP contribution in [0.2, 0.25) is 0 Å². The minimum absolute atomic E-state index is 0.542. The Bertz CT molecular complexity index is 859. The maximum atomic E-state index is 5.31. The lowest BCUT2D eigenvalue weighted by atomic mass is 10.2. The summed E-state index contributed by atoms with van der Waals surface area (Å²) < 4.78 is 5.61. The zero-order valence-corrected chi connectivity index (χ0v) is 15.4. The van der Waals surface area contributed by atoms with Crippen LogP contribution in [0, 0.1) is 6.92 Å². The molecule has 0 saturated heterocycles. The summed E-state index contributed by atoms with van der Waals surface area (Å²) >= 11 is 5.31. The number of hydrogen-bond donors (Lipinski definition) is 2. The Morgan fingerprint density at radius 1 is 1.28 bits per heavy atom. The first-order valence-corrected chi connectivity index (χ1v) is 8.53. The van der Waals surface area contributed by atoms with Gasteiger partial charge < -0.3 is 10.6 Å². The van der Waals surface area contributed by atoms with E-state index in [9.17, 15) is 0 Å². The van der Waals surface area contributed by atoms with Crippen molar-refractivity contribution in [3.8, 4) is 0 Å². The summed E-state index contributed by atoms with van der Waals surface area (Å²) in [5.74, 6) is 0. The zero-order chi connectivity index (χ0) is 17.8. The number of nitrogens with one attached hydrogen (secondary N) is 2. The van der Waals surface area contributed by atoms with Crippen LogP contribution < -0.4 is 10.6 Å². The highest BCUT2D eigenvalue weighted by atomic mass is 32.1. The lowest BCUT2D eigenvalue weighted by molar-refractivity contribution is 0.633. The fourth-order valence-electron chi connectivity index (χ4n) is 2.55. The summed E-state index contributed by atoms with van der Waals surface area (Å²) in [6, 6.07) is 1.95. The number of anilines is 1. The van der Waals surface area contributed by atoms with Crippen molar-refractivity contribution in [1.29, 1.82) is 0 Å². The van der Waals surface area contributed by atoms with Crippen LogP contribution in [0.4, 0.5) is 5.69 Å². The fraction of sp³-hybridized carbons (Fsp3) is 0.375. The predicted molar refractivity (Wildman–Crippen MR) is 100 cm³/mol. The van der Waals surface area contributed by atoms with Gasteiger partial charge in [0.15, 0.2) is 5.11 Å². The molecule has 0 aliphatic rings. The number of thiocarbonyl (C=S) groups is 1. The van der Waals surface area contributed by atoms with E-state index in [0.29, 0.717) is 18.2 Å². The van der Waals surface area contributed by atoms with Gasteiger partial charge in [0.05, 0.1) is 36.9 Å². The normalized spacial score (nSPS) is 10.8. The van der Waals surface area contributed by atoms with Gasteiger partial charge in [0.25, 0.3) is 0 Å². The van der Waals surface area contributed by atoms with Crippen LogP contribution in [0.5, 0.6) is 0 Å². The van der Waals surface area contributed by atoms with E-state index in [1.54, 1.807) is 10.9 Å². The first-order chi connectivity index (χ1) is 12.0. The van der Waals surface area contributed by atoms with Crippen molar-refractivity contribution in [2.45, 2.75) is 33.5 Å². The summed E-state index contributed by atoms with van der Waals surface area (Å²) in [5.41, 5.74) is 4.11. The average molecular weight is 358 g/mol. The molecular formula is C16H22N8S. The van der Waals surface area contributed by atoms with E-state index in [1.807, 2.05) is 41.1 Å². The highest BCUT2D eigenvalue weighted by Crippen LogP contribution is 2.11. The smallest absolute Gasteiger partial charge is 0.171 e. The van der Waals surface area contributed by atoms with Crippen LogP contribution in [0.15, 0.2) is 30.9 Å². The molecule has 25 heavy (non-hydrogen) atoms. The molecule has 132 valence electrons. The Morgan fingerprint density at radius 3 is 2.80 bits per heavy atom. The Kier molecular flexibility index (Phi) is 5.13. The highest BCUT2D eigenvalue weighted by molar-refractivity contribution is 7.80. The number of aromatic nitrogens is 6. The number of nitrogens with zero attached hydrogens (tertiary/aromatic N) is 6. The van der Waals surface area contributed by atoms with Crippen molar-refractivity contribution in [3.63, 3.8) is 0 Å². The molecule has 3 rings (SSSR count). The average Bonchev–Trinajstić information content (AvgIpc) is 3.28. The van der Waals surface area contributed by atoms with E-state index in [-0.39, 0.29) is 0 Å². The van der Waals surface area contributed by atoms with Crippen molar-refractivity contribution < 1.29 is 0 Å². The van der Waals surface area contributed by atoms with E-state index in [4.69, 9.17) is 12.2 Å². The predicted octanol–water partition coefficient (Wildman–Crippen LogP) is 1.68. The monoisotopic (exact) mass is 358 g/mol. The molecular weight excluding hydrogens is 336 g/mol. The molecule has 0 aliphatic carbocycles. The van der Waals surface area contributed by atoms with E-state index in [1.165, 1.54) is 5.69 Å². The van der Waals surface area contributed by atoms with Gasteiger partial charge in [0, 0.05) is 37.2 Å². The molecule has 0 unspecified atom stereocenters. The number of aryl methyl sites for hydroxylation is 2. The molecule has 0 aromatic carbocycles. The lowest BCUT2D eigenvalue weighted by Gasteiger charge is -2.07. The molecule has 3 aromatic heterocycles. The van der Waals surface area contributed by atoms with Gasteiger partial charge in [-0.2, -0.15) is 15.3 Å². The van der Waals surface area contributed by atoms with Gasteiger partial charge in [0.2, 0.25) is 0 Å². The summed E-state index contributed by atoms with van der Waals surface area (Å²) in [4.78, 5) is 0. The van der Waals surface area contributed by atoms with E-state index < -0.39 is 0 Å². The third-order valence-corrected chi connectivity index (χ3v) is 4.17. The SMILES string of the molecule is CCn1ncc(Cn2cc(NC(=S)NCc3ccn(C)n3)cn2)c1C. The standard InChI is InChI=1S/C16H22N8S/c1-4-24-12(2)13(7-19-24)10-23-11-15(9-18-23)20-16(25)17-8-14-5-6-22(3)21-14/h5-7,9,11H,4,8,10H2,1-3H3,(H2,17,20,25).